The maximum absolute atomic E-state index is 12.8. The molecule has 1 aromatic carbocycles. The fourth-order valence-corrected chi connectivity index (χ4v) is 4.40. The van der Waals surface area contributed by atoms with Gasteiger partial charge in [0.1, 0.15) is 0 Å². The Labute approximate surface area is 172 Å². The second-order valence-corrected chi connectivity index (χ2v) is 8.08. The molecule has 0 saturated carbocycles. The Hall–Kier alpha value is -2.61. The average molecular weight is 399 g/mol. The Morgan fingerprint density at radius 2 is 1.86 bits per heavy atom. The van der Waals surface area contributed by atoms with Crippen molar-refractivity contribution in [3.05, 3.63) is 35.4 Å². The molecule has 3 heterocycles. The molecular weight excluding hydrogens is 368 g/mol. The van der Waals surface area contributed by atoms with E-state index in [-0.39, 0.29) is 11.9 Å². The SMILES string of the molecule is CCCN1CCN(C2=NC3C(C(=O)NC(=O)N3C)N2Cc2ccccc2C)CC1. The first kappa shape index (κ1) is 19.7. The van der Waals surface area contributed by atoms with Gasteiger partial charge in [-0.2, -0.15) is 0 Å². The molecule has 29 heavy (non-hydrogen) atoms. The highest BCUT2D eigenvalue weighted by atomic mass is 16.2. The maximum Gasteiger partial charge on any atom is 0.325 e. The second kappa shape index (κ2) is 8.02. The number of hydrogen-bond donors (Lipinski definition) is 1. The molecule has 3 aliphatic rings. The van der Waals surface area contributed by atoms with Crippen LogP contribution in [0.1, 0.15) is 24.5 Å². The number of hydrogen-bond acceptors (Lipinski definition) is 6. The Bertz CT molecular complexity index is 817. The van der Waals surface area contributed by atoms with Gasteiger partial charge in [-0.15, -0.1) is 0 Å². The standard InChI is InChI=1S/C21H30N6O2/c1-4-9-25-10-12-26(13-11-25)20-22-18-17(19(28)23-21(29)24(18)3)27(20)14-16-8-6-5-7-15(16)2/h5-8,17-18H,4,9-14H2,1-3H3,(H,23,28,29). The van der Waals surface area contributed by atoms with Gasteiger partial charge in [-0.05, 0) is 31.0 Å². The van der Waals surface area contributed by atoms with Gasteiger partial charge in [0.15, 0.2) is 18.2 Å². The number of urea groups is 1. The number of amides is 3. The van der Waals surface area contributed by atoms with Crippen LogP contribution in [-0.4, -0.2) is 89.5 Å². The first-order valence-corrected chi connectivity index (χ1v) is 10.4. The van der Waals surface area contributed by atoms with Gasteiger partial charge in [0, 0.05) is 39.8 Å². The van der Waals surface area contributed by atoms with E-state index in [1.807, 2.05) is 12.1 Å². The van der Waals surface area contributed by atoms with Crippen LogP contribution in [0.2, 0.25) is 0 Å². The summed E-state index contributed by atoms with van der Waals surface area (Å²) in [5.41, 5.74) is 2.35. The summed E-state index contributed by atoms with van der Waals surface area (Å²) in [5, 5.41) is 2.48. The van der Waals surface area contributed by atoms with Crippen molar-refractivity contribution in [2.24, 2.45) is 4.99 Å². The number of likely N-dealkylation sites (N-methyl/N-ethyl adjacent to an activating group) is 1. The molecule has 3 amide bonds. The van der Waals surface area contributed by atoms with Gasteiger partial charge in [-0.3, -0.25) is 15.0 Å². The minimum Gasteiger partial charge on any atom is -0.340 e. The monoisotopic (exact) mass is 398 g/mol. The summed E-state index contributed by atoms with van der Waals surface area (Å²) >= 11 is 0. The van der Waals surface area contributed by atoms with Gasteiger partial charge in [0.25, 0.3) is 5.91 Å². The largest absolute Gasteiger partial charge is 0.340 e. The fraction of sp³-hybridized carbons (Fsp3) is 0.571. The zero-order valence-electron chi connectivity index (χ0n) is 17.5. The summed E-state index contributed by atoms with van der Waals surface area (Å²) < 4.78 is 0. The Balaban J connectivity index is 1.62. The predicted molar refractivity (Wildman–Crippen MR) is 111 cm³/mol. The number of nitrogens with one attached hydrogen (secondary N) is 1. The molecule has 0 aromatic heterocycles. The van der Waals surface area contributed by atoms with Crippen LogP contribution < -0.4 is 5.32 Å². The van der Waals surface area contributed by atoms with E-state index in [0.29, 0.717) is 6.54 Å². The van der Waals surface area contributed by atoms with Gasteiger partial charge >= 0.3 is 6.03 Å². The lowest BCUT2D eigenvalue weighted by Gasteiger charge is -2.40. The molecule has 2 saturated heterocycles. The molecule has 0 aliphatic carbocycles. The third-order valence-electron chi connectivity index (χ3n) is 6.14. The van der Waals surface area contributed by atoms with E-state index >= 15 is 0 Å². The number of piperazine rings is 1. The van der Waals surface area contributed by atoms with Crippen LogP contribution in [0.3, 0.4) is 0 Å². The maximum atomic E-state index is 12.8. The van der Waals surface area contributed by atoms with Crippen LogP contribution in [0.5, 0.6) is 0 Å². The quantitative estimate of drug-likeness (QED) is 0.822. The number of fused-ring (bicyclic) bond motifs is 1. The van der Waals surface area contributed by atoms with E-state index < -0.39 is 12.2 Å². The Morgan fingerprint density at radius 3 is 2.55 bits per heavy atom. The van der Waals surface area contributed by atoms with E-state index in [0.717, 1.165) is 50.7 Å². The molecule has 0 spiro atoms. The zero-order chi connectivity index (χ0) is 20.5. The number of benzene rings is 1. The summed E-state index contributed by atoms with van der Waals surface area (Å²) in [6.45, 7) is 9.72. The van der Waals surface area contributed by atoms with Crippen molar-refractivity contribution >= 4 is 17.9 Å². The summed E-state index contributed by atoms with van der Waals surface area (Å²) in [6, 6.07) is 7.33. The van der Waals surface area contributed by atoms with E-state index in [2.05, 4.69) is 46.0 Å². The van der Waals surface area contributed by atoms with Crippen molar-refractivity contribution in [2.75, 3.05) is 39.8 Å². The van der Waals surface area contributed by atoms with Crippen LogP contribution in [0, 0.1) is 6.92 Å². The number of imide groups is 1. The first-order chi connectivity index (χ1) is 14.0. The summed E-state index contributed by atoms with van der Waals surface area (Å²) in [4.78, 5) is 38.2. The van der Waals surface area contributed by atoms with Crippen molar-refractivity contribution in [1.82, 2.24) is 24.9 Å². The molecule has 1 aromatic rings. The average Bonchev–Trinajstić information content (AvgIpc) is 3.09. The first-order valence-electron chi connectivity index (χ1n) is 10.4. The highest BCUT2D eigenvalue weighted by molar-refractivity contribution is 6.03. The highest BCUT2D eigenvalue weighted by Gasteiger charge is 2.49. The number of aryl methyl sites for hydroxylation is 1. The normalized spacial score (nSPS) is 25.2. The zero-order valence-corrected chi connectivity index (χ0v) is 17.5. The summed E-state index contributed by atoms with van der Waals surface area (Å²) in [7, 11) is 1.71. The number of aliphatic imine (C=N–C) groups is 1. The molecule has 0 bridgehead atoms. The smallest absolute Gasteiger partial charge is 0.325 e. The van der Waals surface area contributed by atoms with Crippen LogP contribution in [0.15, 0.2) is 29.3 Å². The number of carbonyl (C=O) groups is 2. The lowest BCUT2D eigenvalue weighted by molar-refractivity contribution is -0.127. The molecule has 4 rings (SSSR count). The van der Waals surface area contributed by atoms with E-state index in [9.17, 15) is 9.59 Å². The minimum atomic E-state index is -0.499. The van der Waals surface area contributed by atoms with Crippen molar-refractivity contribution in [3.63, 3.8) is 0 Å². The summed E-state index contributed by atoms with van der Waals surface area (Å²) in [6.07, 6.45) is 0.668. The lowest BCUT2D eigenvalue weighted by atomic mass is 10.1. The van der Waals surface area contributed by atoms with Crippen LogP contribution in [-0.2, 0) is 11.3 Å². The molecule has 8 nitrogen and oxygen atoms in total. The molecule has 2 unspecified atom stereocenters. The van der Waals surface area contributed by atoms with Gasteiger partial charge in [0.2, 0.25) is 0 Å². The third-order valence-corrected chi connectivity index (χ3v) is 6.14. The summed E-state index contributed by atoms with van der Waals surface area (Å²) in [5.74, 6) is 0.561. The fourth-order valence-electron chi connectivity index (χ4n) is 4.40. The molecule has 1 N–H and O–H groups in total. The van der Waals surface area contributed by atoms with Crippen molar-refractivity contribution in [3.8, 4) is 0 Å². The molecule has 8 heteroatoms. The van der Waals surface area contributed by atoms with Crippen LogP contribution in [0.4, 0.5) is 4.79 Å². The number of rotatable bonds is 4. The minimum absolute atomic E-state index is 0.268. The van der Waals surface area contributed by atoms with Crippen molar-refractivity contribution in [1.29, 1.82) is 0 Å². The topological polar surface area (TPSA) is 71.5 Å². The van der Waals surface area contributed by atoms with E-state index in [1.54, 1.807) is 7.05 Å². The van der Waals surface area contributed by atoms with Gasteiger partial charge in [-0.25, -0.2) is 9.79 Å². The Morgan fingerprint density at radius 1 is 1.14 bits per heavy atom. The van der Waals surface area contributed by atoms with Crippen LogP contribution in [0.25, 0.3) is 0 Å². The molecule has 2 atom stereocenters. The Kier molecular flexibility index (Phi) is 5.45. The molecule has 0 radical (unpaired) electrons. The highest BCUT2D eigenvalue weighted by Crippen LogP contribution is 2.28. The third kappa shape index (κ3) is 3.69. The molecule has 2 fully saturated rings. The second-order valence-electron chi connectivity index (χ2n) is 8.08. The molecule has 3 aliphatic heterocycles. The van der Waals surface area contributed by atoms with Gasteiger partial charge in [0.05, 0.1) is 0 Å². The van der Waals surface area contributed by atoms with Gasteiger partial charge < -0.3 is 14.7 Å². The molecular formula is C21H30N6O2. The van der Waals surface area contributed by atoms with Crippen LogP contribution >= 0.6 is 0 Å². The van der Waals surface area contributed by atoms with Crippen molar-refractivity contribution < 1.29 is 9.59 Å². The predicted octanol–water partition coefficient (Wildman–Crippen LogP) is 1.07. The number of guanidine groups is 1. The van der Waals surface area contributed by atoms with E-state index in [4.69, 9.17) is 4.99 Å². The van der Waals surface area contributed by atoms with Crippen molar-refractivity contribution in [2.45, 2.75) is 39.0 Å². The van der Waals surface area contributed by atoms with Gasteiger partial charge in [-0.1, -0.05) is 31.2 Å². The molecule has 156 valence electrons. The lowest BCUT2D eigenvalue weighted by Crippen LogP contribution is -2.64. The van der Waals surface area contributed by atoms with E-state index in [1.165, 1.54) is 10.5 Å². The number of nitrogens with zero attached hydrogens (tertiary/aromatic N) is 5. The number of carbonyl (C=O) groups excluding carboxylic acids is 2.